The van der Waals surface area contributed by atoms with Crippen LogP contribution in [-0.2, 0) is 6.54 Å². The summed E-state index contributed by atoms with van der Waals surface area (Å²) in [6.07, 6.45) is 0. The summed E-state index contributed by atoms with van der Waals surface area (Å²) < 4.78 is 4.09. The molecule has 6 heteroatoms. The van der Waals surface area contributed by atoms with E-state index in [1.165, 1.54) is 11.5 Å². The molecule has 0 aliphatic carbocycles. The van der Waals surface area contributed by atoms with Crippen LogP contribution in [0.5, 0.6) is 0 Å². The molecule has 0 radical (unpaired) electrons. The molecule has 0 aromatic carbocycles. The topological polar surface area (TPSA) is 50.7 Å². The predicted octanol–water partition coefficient (Wildman–Crippen LogP) is 2.22. The molecule has 0 atom stereocenters. The van der Waals surface area contributed by atoms with Crippen LogP contribution in [0.25, 0.3) is 0 Å². The van der Waals surface area contributed by atoms with E-state index in [4.69, 9.17) is 0 Å². The van der Waals surface area contributed by atoms with E-state index in [1.807, 2.05) is 19.2 Å². The molecular formula is C8H10N4S2. The maximum absolute atomic E-state index is 4.35. The molecule has 0 spiro atoms. The fraction of sp³-hybridized carbons (Fsp3) is 0.375. The minimum Gasteiger partial charge on any atom is -0.354 e. The first-order chi connectivity index (χ1) is 6.74. The molecule has 2 rings (SSSR count). The molecule has 0 bridgehead atoms. The summed E-state index contributed by atoms with van der Waals surface area (Å²) in [6, 6.07) is 0. The number of thiazole rings is 1. The lowest BCUT2D eigenvalue weighted by Crippen LogP contribution is -1.98. The minimum atomic E-state index is 0.729. The highest BCUT2D eigenvalue weighted by Gasteiger charge is 2.01. The molecule has 0 amide bonds. The highest BCUT2D eigenvalue weighted by molar-refractivity contribution is 7.10. The molecule has 2 aromatic heterocycles. The standard InChI is InChI=1S/C8H10N4S2/c1-5-4-13-7(10-5)3-9-8-11-6(2)12-14-8/h4H,3H2,1-2H3,(H,9,11,12). The Hall–Kier alpha value is -1.01. The van der Waals surface area contributed by atoms with Crippen LogP contribution in [0.1, 0.15) is 16.5 Å². The van der Waals surface area contributed by atoms with Gasteiger partial charge in [0.05, 0.1) is 6.54 Å². The Balaban J connectivity index is 1.94. The Labute approximate surface area is 90.2 Å². The van der Waals surface area contributed by atoms with Crippen LogP contribution in [0.4, 0.5) is 5.13 Å². The van der Waals surface area contributed by atoms with Crippen LogP contribution >= 0.6 is 22.9 Å². The maximum atomic E-state index is 4.35. The number of hydrogen-bond donors (Lipinski definition) is 1. The lowest BCUT2D eigenvalue weighted by Gasteiger charge is -1.96. The second kappa shape index (κ2) is 4.02. The first-order valence-corrected chi connectivity index (χ1v) is 5.84. The second-order valence-electron chi connectivity index (χ2n) is 2.88. The van der Waals surface area contributed by atoms with E-state index in [0.29, 0.717) is 0 Å². The Morgan fingerprint density at radius 3 is 2.79 bits per heavy atom. The lowest BCUT2D eigenvalue weighted by molar-refractivity contribution is 1.06. The van der Waals surface area contributed by atoms with Gasteiger partial charge in [-0.15, -0.1) is 11.3 Å². The van der Waals surface area contributed by atoms with E-state index < -0.39 is 0 Å². The van der Waals surface area contributed by atoms with Gasteiger partial charge < -0.3 is 5.32 Å². The zero-order valence-corrected chi connectivity index (χ0v) is 9.58. The average molecular weight is 226 g/mol. The summed E-state index contributed by atoms with van der Waals surface area (Å²) in [6.45, 7) is 4.61. The van der Waals surface area contributed by atoms with Crippen LogP contribution in [-0.4, -0.2) is 14.3 Å². The maximum Gasteiger partial charge on any atom is 0.202 e. The SMILES string of the molecule is Cc1csc(CNc2nc(C)ns2)n1. The Morgan fingerprint density at radius 1 is 1.36 bits per heavy atom. The molecule has 0 aliphatic heterocycles. The lowest BCUT2D eigenvalue weighted by atomic mass is 10.6. The van der Waals surface area contributed by atoms with Crippen LogP contribution in [0.3, 0.4) is 0 Å². The number of rotatable bonds is 3. The van der Waals surface area contributed by atoms with Crippen molar-refractivity contribution in [1.82, 2.24) is 14.3 Å². The molecule has 0 saturated carbocycles. The van der Waals surface area contributed by atoms with E-state index >= 15 is 0 Å². The number of nitrogens with one attached hydrogen (secondary N) is 1. The fourth-order valence-corrected chi connectivity index (χ4v) is 2.28. The third kappa shape index (κ3) is 2.27. The van der Waals surface area contributed by atoms with Crippen molar-refractivity contribution in [1.29, 1.82) is 0 Å². The summed E-state index contributed by atoms with van der Waals surface area (Å²) in [5, 5.41) is 7.17. The molecule has 14 heavy (non-hydrogen) atoms. The number of aryl methyl sites for hydroxylation is 2. The van der Waals surface area contributed by atoms with E-state index in [-0.39, 0.29) is 0 Å². The van der Waals surface area contributed by atoms with E-state index in [9.17, 15) is 0 Å². The summed E-state index contributed by atoms with van der Waals surface area (Å²) in [5.41, 5.74) is 1.07. The van der Waals surface area contributed by atoms with Gasteiger partial charge in [0.2, 0.25) is 5.13 Å². The third-order valence-corrected chi connectivity index (χ3v) is 3.32. The van der Waals surface area contributed by atoms with Crippen molar-refractivity contribution in [2.24, 2.45) is 0 Å². The van der Waals surface area contributed by atoms with Gasteiger partial charge in [0.1, 0.15) is 10.8 Å². The zero-order chi connectivity index (χ0) is 9.97. The van der Waals surface area contributed by atoms with Gasteiger partial charge in [0.25, 0.3) is 0 Å². The molecule has 0 fully saturated rings. The van der Waals surface area contributed by atoms with Crippen molar-refractivity contribution < 1.29 is 0 Å². The van der Waals surface area contributed by atoms with Crippen LogP contribution in [0.2, 0.25) is 0 Å². The molecular weight excluding hydrogens is 216 g/mol. The molecule has 0 aliphatic rings. The normalized spacial score (nSPS) is 10.4. The molecule has 1 N–H and O–H groups in total. The number of hydrogen-bond acceptors (Lipinski definition) is 6. The van der Waals surface area contributed by atoms with Gasteiger partial charge in [0, 0.05) is 22.6 Å². The second-order valence-corrected chi connectivity index (χ2v) is 4.58. The Morgan fingerprint density at radius 2 is 2.21 bits per heavy atom. The number of nitrogens with zero attached hydrogens (tertiary/aromatic N) is 3. The smallest absolute Gasteiger partial charge is 0.202 e. The Kier molecular flexibility index (Phi) is 2.74. The summed E-state index contributed by atoms with van der Waals surface area (Å²) in [4.78, 5) is 8.55. The van der Waals surface area contributed by atoms with E-state index in [0.717, 1.165) is 28.2 Å². The van der Waals surface area contributed by atoms with Gasteiger partial charge in [-0.25, -0.2) is 9.97 Å². The van der Waals surface area contributed by atoms with E-state index in [2.05, 4.69) is 19.7 Å². The van der Waals surface area contributed by atoms with Gasteiger partial charge in [-0.05, 0) is 13.8 Å². The molecule has 0 unspecified atom stereocenters. The highest BCUT2D eigenvalue weighted by Crippen LogP contribution is 2.14. The van der Waals surface area contributed by atoms with Crippen molar-refractivity contribution in [2.45, 2.75) is 20.4 Å². The van der Waals surface area contributed by atoms with Crippen molar-refractivity contribution >= 4 is 28.0 Å². The van der Waals surface area contributed by atoms with Crippen molar-refractivity contribution in [3.8, 4) is 0 Å². The Bertz CT molecular complexity index is 380. The van der Waals surface area contributed by atoms with Crippen molar-refractivity contribution in [2.75, 3.05) is 5.32 Å². The van der Waals surface area contributed by atoms with Crippen molar-refractivity contribution in [3.63, 3.8) is 0 Å². The monoisotopic (exact) mass is 226 g/mol. The fourth-order valence-electron chi connectivity index (χ4n) is 1.00. The average Bonchev–Trinajstić information content (AvgIpc) is 2.72. The largest absolute Gasteiger partial charge is 0.354 e. The third-order valence-electron chi connectivity index (χ3n) is 1.58. The highest BCUT2D eigenvalue weighted by atomic mass is 32.1. The van der Waals surface area contributed by atoms with Crippen molar-refractivity contribution in [3.05, 3.63) is 21.9 Å². The van der Waals surface area contributed by atoms with Crippen LogP contribution in [0, 0.1) is 13.8 Å². The summed E-state index contributed by atoms with van der Waals surface area (Å²) >= 11 is 3.04. The first kappa shape index (κ1) is 9.54. The van der Waals surface area contributed by atoms with Gasteiger partial charge in [-0.1, -0.05) is 0 Å². The quantitative estimate of drug-likeness (QED) is 0.872. The van der Waals surface area contributed by atoms with E-state index in [1.54, 1.807) is 11.3 Å². The van der Waals surface area contributed by atoms with Crippen LogP contribution < -0.4 is 5.32 Å². The molecule has 74 valence electrons. The number of anilines is 1. The minimum absolute atomic E-state index is 0.729. The molecule has 2 aromatic rings. The molecule has 4 nitrogen and oxygen atoms in total. The van der Waals surface area contributed by atoms with Gasteiger partial charge >= 0.3 is 0 Å². The summed E-state index contributed by atoms with van der Waals surface area (Å²) in [7, 11) is 0. The first-order valence-electron chi connectivity index (χ1n) is 4.19. The zero-order valence-electron chi connectivity index (χ0n) is 7.94. The van der Waals surface area contributed by atoms with Crippen LogP contribution in [0.15, 0.2) is 5.38 Å². The number of aromatic nitrogens is 3. The molecule has 0 saturated heterocycles. The van der Waals surface area contributed by atoms with Gasteiger partial charge in [-0.2, -0.15) is 4.37 Å². The van der Waals surface area contributed by atoms with Gasteiger partial charge in [-0.3, -0.25) is 0 Å². The predicted molar refractivity (Wildman–Crippen MR) is 58.8 cm³/mol. The van der Waals surface area contributed by atoms with Gasteiger partial charge in [0.15, 0.2) is 0 Å². The summed E-state index contributed by atoms with van der Waals surface area (Å²) in [5.74, 6) is 0.813. The molecule has 2 heterocycles.